The van der Waals surface area contributed by atoms with E-state index in [-0.39, 0.29) is 11.7 Å². The van der Waals surface area contributed by atoms with Gasteiger partial charge in [-0.2, -0.15) is 0 Å². The minimum absolute atomic E-state index is 0.0712. The molecule has 0 radical (unpaired) electrons. The zero-order valence-electron chi connectivity index (χ0n) is 15.4. The monoisotopic (exact) mass is 386 g/mol. The maximum Gasteiger partial charge on any atom is 0.259 e. The zero-order valence-corrected chi connectivity index (χ0v) is 16.2. The second-order valence-corrected chi connectivity index (χ2v) is 7.21. The Bertz CT molecular complexity index is 808. The van der Waals surface area contributed by atoms with Gasteiger partial charge in [-0.3, -0.25) is 14.7 Å². The lowest BCUT2D eigenvalue weighted by Gasteiger charge is -2.18. The first-order chi connectivity index (χ1) is 13.2. The molecule has 1 amide bonds. The lowest BCUT2D eigenvalue weighted by molar-refractivity contribution is 0.0860. The lowest BCUT2D eigenvalue weighted by Crippen LogP contribution is -2.32. The second-order valence-electron chi connectivity index (χ2n) is 6.27. The third kappa shape index (κ3) is 5.32. The zero-order chi connectivity index (χ0) is 19.1. The summed E-state index contributed by atoms with van der Waals surface area (Å²) in [6.45, 7) is 3.96. The van der Waals surface area contributed by atoms with Crippen molar-refractivity contribution in [2.45, 2.75) is 25.5 Å². The van der Waals surface area contributed by atoms with Crippen LogP contribution in [0.2, 0.25) is 0 Å². The third-order valence-electron chi connectivity index (χ3n) is 4.17. The van der Waals surface area contributed by atoms with Crippen LogP contribution >= 0.6 is 11.8 Å². The normalized spacial score (nSPS) is 13.6. The summed E-state index contributed by atoms with van der Waals surface area (Å²) in [5, 5.41) is 0.688. The number of amidine groups is 1. The molecule has 3 rings (SSSR count). The Labute approximate surface area is 163 Å². The Morgan fingerprint density at radius 2 is 2.07 bits per heavy atom. The Morgan fingerprint density at radius 3 is 2.81 bits per heavy atom. The van der Waals surface area contributed by atoms with Crippen LogP contribution in [0.1, 0.15) is 35.7 Å². The average Bonchev–Trinajstić information content (AvgIpc) is 3.15. The smallest absolute Gasteiger partial charge is 0.259 e. The molecule has 0 atom stereocenters. The lowest BCUT2D eigenvalue weighted by atomic mass is 10.2. The number of carbonyl (C=O) groups excluding carboxylic acids is 1. The van der Waals surface area contributed by atoms with Crippen LogP contribution in [-0.2, 0) is 5.75 Å². The predicted molar refractivity (Wildman–Crippen MR) is 108 cm³/mol. The molecule has 27 heavy (non-hydrogen) atoms. The van der Waals surface area contributed by atoms with Crippen molar-refractivity contribution in [3.8, 4) is 5.75 Å². The first kappa shape index (κ1) is 19.4. The van der Waals surface area contributed by atoms with E-state index in [1.807, 2.05) is 18.2 Å². The van der Waals surface area contributed by atoms with Crippen molar-refractivity contribution in [3.63, 3.8) is 0 Å². The van der Waals surface area contributed by atoms with E-state index >= 15 is 0 Å². The Morgan fingerprint density at radius 1 is 1.26 bits per heavy atom. The molecular weight excluding hydrogens is 363 g/mol. The summed E-state index contributed by atoms with van der Waals surface area (Å²) in [6.07, 6.45) is 2.09. The SMILES string of the molecule is CCCCOc1ccc(C(=O)N2CCN=C2SCc2cccc(F)c2)cc1. The first-order valence-corrected chi connectivity index (χ1v) is 10.1. The standard InChI is InChI=1S/C21H23FN2O2S/c1-2-3-13-26-19-9-7-17(8-10-19)20(25)24-12-11-23-21(24)27-15-16-5-4-6-18(22)14-16/h4-10,14H,2-3,11-13,15H2,1H3. The van der Waals surface area contributed by atoms with E-state index in [2.05, 4.69) is 11.9 Å². The largest absolute Gasteiger partial charge is 0.494 e. The molecule has 142 valence electrons. The van der Waals surface area contributed by atoms with Gasteiger partial charge >= 0.3 is 0 Å². The topological polar surface area (TPSA) is 41.9 Å². The van der Waals surface area contributed by atoms with Crippen LogP contribution < -0.4 is 4.74 Å². The number of nitrogens with zero attached hydrogens (tertiary/aromatic N) is 2. The van der Waals surface area contributed by atoms with Gasteiger partial charge in [-0.15, -0.1) is 0 Å². The van der Waals surface area contributed by atoms with E-state index in [1.165, 1.54) is 23.9 Å². The van der Waals surface area contributed by atoms with Crippen LogP contribution in [0.5, 0.6) is 5.75 Å². The fraction of sp³-hybridized carbons (Fsp3) is 0.333. The Kier molecular flexibility index (Phi) is 6.87. The minimum Gasteiger partial charge on any atom is -0.494 e. The first-order valence-electron chi connectivity index (χ1n) is 9.14. The predicted octanol–water partition coefficient (Wildman–Crippen LogP) is 4.75. The van der Waals surface area contributed by atoms with Gasteiger partial charge in [0.05, 0.1) is 13.2 Å². The summed E-state index contributed by atoms with van der Waals surface area (Å²) in [7, 11) is 0. The molecule has 0 saturated heterocycles. The highest BCUT2D eigenvalue weighted by molar-refractivity contribution is 8.13. The summed E-state index contributed by atoms with van der Waals surface area (Å²) in [6, 6.07) is 13.7. The van der Waals surface area contributed by atoms with Gasteiger partial charge in [0.2, 0.25) is 0 Å². The highest BCUT2D eigenvalue weighted by Crippen LogP contribution is 2.22. The van der Waals surface area contributed by atoms with Crippen molar-refractivity contribution in [2.75, 3.05) is 19.7 Å². The van der Waals surface area contributed by atoms with Gasteiger partial charge in [0.15, 0.2) is 5.17 Å². The minimum atomic E-state index is -0.254. The highest BCUT2D eigenvalue weighted by Gasteiger charge is 2.25. The number of carbonyl (C=O) groups is 1. The summed E-state index contributed by atoms with van der Waals surface area (Å²) >= 11 is 1.46. The van der Waals surface area contributed by atoms with Crippen molar-refractivity contribution in [1.29, 1.82) is 0 Å². The van der Waals surface area contributed by atoms with Gasteiger partial charge in [0.25, 0.3) is 5.91 Å². The maximum atomic E-state index is 13.3. The number of thioether (sulfide) groups is 1. The van der Waals surface area contributed by atoms with E-state index < -0.39 is 0 Å². The van der Waals surface area contributed by atoms with Crippen molar-refractivity contribution < 1.29 is 13.9 Å². The van der Waals surface area contributed by atoms with Gasteiger partial charge < -0.3 is 4.74 Å². The molecule has 0 aromatic heterocycles. The molecule has 0 N–H and O–H groups in total. The van der Waals surface area contributed by atoms with E-state index in [4.69, 9.17) is 4.74 Å². The molecular formula is C21H23FN2O2S. The molecule has 0 fully saturated rings. The van der Waals surface area contributed by atoms with Crippen LogP contribution in [0, 0.1) is 5.82 Å². The molecule has 0 aliphatic carbocycles. The third-order valence-corrected chi connectivity index (χ3v) is 5.26. The number of hydrogen-bond donors (Lipinski definition) is 0. The Hall–Kier alpha value is -2.34. The van der Waals surface area contributed by atoms with Gasteiger partial charge in [-0.1, -0.05) is 37.2 Å². The van der Waals surface area contributed by atoms with Crippen molar-refractivity contribution in [1.82, 2.24) is 4.90 Å². The fourth-order valence-corrected chi connectivity index (χ4v) is 3.69. The summed E-state index contributed by atoms with van der Waals surface area (Å²) in [5.41, 5.74) is 1.48. The summed E-state index contributed by atoms with van der Waals surface area (Å²) in [4.78, 5) is 19.0. The van der Waals surface area contributed by atoms with E-state index in [1.54, 1.807) is 23.1 Å². The van der Waals surface area contributed by atoms with Crippen LogP contribution in [-0.4, -0.2) is 35.7 Å². The van der Waals surface area contributed by atoms with Crippen LogP contribution in [0.3, 0.4) is 0 Å². The van der Waals surface area contributed by atoms with Crippen LogP contribution in [0.15, 0.2) is 53.5 Å². The molecule has 2 aromatic rings. The molecule has 6 heteroatoms. The molecule has 0 spiro atoms. The molecule has 2 aromatic carbocycles. The number of aliphatic imine (C=N–C) groups is 1. The molecule has 0 saturated carbocycles. The van der Waals surface area contributed by atoms with Crippen LogP contribution in [0.4, 0.5) is 4.39 Å². The molecule has 0 bridgehead atoms. The quantitative estimate of drug-likeness (QED) is 0.645. The Balaban J connectivity index is 1.59. The summed E-state index contributed by atoms with van der Waals surface area (Å²) < 4.78 is 19.0. The molecule has 1 aliphatic heterocycles. The molecule has 1 heterocycles. The number of ether oxygens (including phenoxy) is 1. The molecule has 0 unspecified atom stereocenters. The number of hydrogen-bond acceptors (Lipinski definition) is 4. The van der Waals surface area contributed by atoms with E-state index in [0.717, 1.165) is 24.2 Å². The fourth-order valence-electron chi connectivity index (χ4n) is 2.70. The number of unbranched alkanes of at least 4 members (excludes halogenated alkanes) is 1. The van der Waals surface area contributed by atoms with Gasteiger partial charge in [-0.25, -0.2) is 4.39 Å². The number of benzene rings is 2. The number of rotatable bonds is 7. The average molecular weight is 386 g/mol. The van der Waals surface area contributed by atoms with Gasteiger partial charge in [0.1, 0.15) is 11.6 Å². The van der Waals surface area contributed by atoms with Crippen LogP contribution in [0.25, 0.3) is 0 Å². The van der Waals surface area contributed by atoms with Crippen molar-refractivity contribution in [2.24, 2.45) is 4.99 Å². The van der Waals surface area contributed by atoms with Gasteiger partial charge in [-0.05, 0) is 48.4 Å². The molecule has 1 aliphatic rings. The van der Waals surface area contributed by atoms with E-state index in [0.29, 0.717) is 36.2 Å². The van der Waals surface area contributed by atoms with Gasteiger partial charge in [0, 0.05) is 17.9 Å². The maximum absolute atomic E-state index is 13.3. The van der Waals surface area contributed by atoms with Crippen molar-refractivity contribution >= 4 is 22.8 Å². The number of amides is 1. The second kappa shape index (κ2) is 9.55. The van der Waals surface area contributed by atoms with E-state index in [9.17, 15) is 9.18 Å². The highest BCUT2D eigenvalue weighted by atomic mass is 32.2. The number of halogens is 1. The van der Waals surface area contributed by atoms with Crippen molar-refractivity contribution in [3.05, 3.63) is 65.5 Å². The molecule has 4 nitrogen and oxygen atoms in total. The summed E-state index contributed by atoms with van der Waals surface area (Å²) in [5.74, 6) is 1.02.